The van der Waals surface area contributed by atoms with Crippen LogP contribution in [0.4, 0.5) is 17.1 Å². The van der Waals surface area contributed by atoms with E-state index in [4.69, 9.17) is 0 Å². The second-order valence-corrected chi connectivity index (χ2v) is 9.78. The van der Waals surface area contributed by atoms with Crippen molar-refractivity contribution in [3.05, 3.63) is 52.9 Å². The lowest BCUT2D eigenvalue weighted by Gasteiger charge is -2.24. The molecule has 0 bridgehead atoms. The molecule has 1 aliphatic carbocycles. The molecule has 1 saturated heterocycles. The predicted octanol–water partition coefficient (Wildman–Crippen LogP) is 4.76. The predicted molar refractivity (Wildman–Crippen MR) is 138 cm³/mol. The van der Waals surface area contributed by atoms with Crippen molar-refractivity contribution < 1.29 is 4.79 Å². The average molecular weight is 462 g/mol. The summed E-state index contributed by atoms with van der Waals surface area (Å²) in [6, 6.07) is 14.5. The van der Waals surface area contributed by atoms with E-state index in [1.54, 1.807) is 0 Å². The maximum absolute atomic E-state index is 12.9. The zero-order valence-corrected chi connectivity index (χ0v) is 20.0. The molecule has 0 spiro atoms. The zero-order chi connectivity index (χ0) is 23.5. The second-order valence-electron chi connectivity index (χ2n) is 9.78. The van der Waals surface area contributed by atoms with Crippen LogP contribution in [-0.4, -0.2) is 34.6 Å². The number of carbonyl (C=O) groups excluding carboxylic acids is 1. The molecule has 180 valence electrons. The smallest absolute Gasteiger partial charge is 0.326 e. The molecule has 1 aliphatic heterocycles. The van der Waals surface area contributed by atoms with Gasteiger partial charge in [-0.3, -0.25) is 9.36 Å². The first-order valence-corrected chi connectivity index (χ1v) is 12.7. The van der Waals surface area contributed by atoms with Gasteiger partial charge in [0.2, 0.25) is 5.91 Å². The summed E-state index contributed by atoms with van der Waals surface area (Å²) in [6.45, 7) is 4.28. The van der Waals surface area contributed by atoms with Gasteiger partial charge in [-0.25, -0.2) is 4.79 Å². The maximum atomic E-state index is 12.9. The highest BCUT2D eigenvalue weighted by atomic mass is 16.2. The van der Waals surface area contributed by atoms with Crippen molar-refractivity contribution in [1.82, 2.24) is 14.9 Å². The lowest BCUT2D eigenvalue weighted by Crippen LogP contribution is -2.36. The summed E-state index contributed by atoms with van der Waals surface area (Å²) in [6.07, 6.45) is 7.64. The minimum absolute atomic E-state index is 0.0297. The van der Waals surface area contributed by atoms with E-state index in [0.717, 1.165) is 54.2 Å². The molecule has 0 radical (unpaired) electrons. The third-order valence-corrected chi connectivity index (χ3v) is 7.33. The molecule has 1 amide bonds. The van der Waals surface area contributed by atoms with Gasteiger partial charge in [0.15, 0.2) is 0 Å². The van der Waals surface area contributed by atoms with Gasteiger partial charge < -0.3 is 20.5 Å². The fourth-order valence-corrected chi connectivity index (χ4v) is 5.47. The monoisotopic (exact) mass is 461 g/mol. The molecule has 7 nitrogen and oxygen atoms in total. The third-order valence-electron chi connectivity index (χ3n) is 7.33. The molecule has 2 fully saturated rings. The van der Waals surface area contributed by atoms with E-state index in [0.29, 0.717) is 12.3 Å². The number of nitrogens with one attached hydrogen (secondary N) is 3. The Morgan fingerprint density at radius 1 is 1.09 bits per heavy atom. The highest BCUT2D eigenvalue weighted by Gasteiger charge is 2.27. The molecule has 34 heavy (non-hydrogen) atoms. The minimum atomic E-state index is -0.0297. The number of aromatic nitrogens is 2. The van der Waals surface area contributed by atoms with Gasteiger partial charge in [0.05, 0.1) is 22.4 Å². The highest BCUT2D eigenvalue weighted by molar-refractivity contribution is 5.90. The molecule has 2 heterocycles. The lowest BCUT2D eigenvalue weighted by molar-refractivity contribution is -0.121. The van der Waals surface area contributed by atoms with Crippen LogP contribution in [-0.2, 0) is 11.3 Å². The Balaban J connectivity index is 1.50. The van der Waals surface area contributed by atoms with Crippen molar-refractivity contribution >= 4 is 34.0 Å². The first-order chi connectivity index (χ1) is 16.6. The minimum Gasteiger partial charge on any atom is -0.368 e. The molecule has 1 aromatic heterocycles. The van der Waals surface area contributed by atoms with E-state index in [9.17, 15) is 9.59 Å². The van der Waals surface area contributed by atoms with Crippen LogP contribution in [0.15, 0.2) is 47.3 Å². The van der Waals surface area contributed by atoms with Crippen molar-refractivity contribution in [2.45, 2.75) is 64.5 Å². The standard InChI is InChI=1S/C27H35N5O2/c1-2-26(33)29-21-13-14-31(18-21)24-16-25-23(15-22(24)28-20-11-7-4-8-12-20)30-27(34)32(25)17-19-9-5-3-6-10-19/h4,7-8,11-12,15-16,19,21,28H,2-3,5-6,9-10,13-14,17-18H2,1H3,(H,29,33)(H,30,34). The maximum Gasteiger partial charge on any atom is 0.326 e. The zero-order valence-electron chi connectivity index (χ0n) is 20.0. The molecule has 2 aliphatic rings. The Bertz CT molecular complexity index is 1190. The molecule has 3 aromatic rings. The van der Waals surface area contributed by atoms with E-state index in [1.807, 2.05) is 41.8 Å². The summed E-state index contributed by atoms with van der Waals surface area (Å²) in [5.74, 6) is 0.660. The number of aromatic amines is 1. The van der Waals surface area contributed by atoms with Gasteiger partial charge in [-0.1, -0.05) is 44.4 Å². The number of fused-ring (bicyclic) bond motifs is 1. The van der Waals surface area contributed by atoms with Crippen LogP contribution in [0.5, 0.6) is 0 Å². The topological polar surface area (TPSA) is 82.2 Å². The van der Waals surface area contributed by atoms with E-state index in [-0.39, 0.29) is 17.6 Å². The Kier molecular flexibility index (Phi) is 6.61. The number of anilines is 3. The van der Waals surface area contributed by atoms with Crippen LogP contribution in [0.25, 0.3) is 11.0 Å². The molecule has 3 N–H and O–H groups in total. The number of hydrogen-bond acceptors (Lipinski definition) is 4. The summed E-state index contributed by atoms with van der Waals surface area (Å²) in [5.41, 5.74) is 4.83. The number of H-pyrrole nitrogens is 1. The number of para-hydroxylation sites is 1. The van der Waals surface area contributed by atoms with E-state index >= 15 is 0 Å². The average Bonchev–Trinajstić information content (AvgIpc) is 3.43. The van der Waals surface area contributed by atoms with E-state index in [1.165, 1.54) is 32.1 Å². The fraction of sp³-hybridized carbons (Fsp3) is 0.481. The summed E-state index contributed by atoms with van der Waals surface area (Å²) in [4.78, 5) is 30.3. The van der Waals surface area contributed by atoms with Crippen LogP contribution in [0.1, 0.15) is 51.9 Å². The lowest BCUT2D eigenvalue weighted by atomic mass is 9.89. The Hall–Kier alpha value is -3.22. The number of imidazole rings is 1. The summed E-state index contributed by atoms with van der Waals surface area (Å²) in [7, 11) is 0. The molecular weight excluding hydrogens is 426 g/mol. The summed E-state index contributed by atoms with van der Waals surface area (Å²) in [5, 5.41) is 6.70. The van der Waals surface area contributed by atoms with Crippen LogP contribution in [0.3, 0.4) is 0 Å². The molecule has 7 heteroatoms. The van der Waals surface area contributed by atoms with Gasteiger partial charge in [-0.15, -0.1) is 0 Å². The van der Waals surface area contributed by atoms with Gasteiger partial charge in [-0.2, -0.15) is 0 Å². The largest absolute Gasteiger partial charge is 0.368 e. The Morgan fingerprint density at radius 3 is 2.65 bits per heavy atom. The molecule has 5 rings (SSSR count). The van der Waals surface area contributed by atoms with E-state index < -0.39 is 0 Å². The van der Waals surface area contributed by atoms with Gasteiger partial charge in [0, 0.05) is 37.8 Å². The number of carbonyl (C=O) groups is 1. The second kappa shape index (κ2) is 9.95. The first-order valence-electron chi connectivity index (χ1n) is 12.7. The molecule has 1 unspecified atom stereocenters. The molecule has 2 aromatic carbocycles. The number of hydrogen-bond donors (Lipinski definition) is 3. The molecule has 1 atom stereocenters. The van der Waals surface area contributed by atoms with Crippen LogP contribution >= 0.6 is 0 Å². The summed E-state index contributed by atoms with van der Waals surface area (Å²) >= 11 is 0. The third kappa shape index (κ3) is 4.83. The fourth-order valence-electron chi connectivity index (χ4n) is 5.47. The van der Waals surface area contributed by atoms with Gasteiger partial charge in [-0.05, 0) is 49.4 Å². The van der Waals surface area contributed by atoms with Gasteiger partial charge in [0.1, 0.15) is 0 Å². The van der Waals surface area contributed by atoms with Crippen LogP contribution < -0.4 is 21.2 Å². The quantitative estimate of drug-likeness (QED) is 0.474. The Morgan fingerprint density at radius 2 is 1.88 bits per heavy atom. The molecule has 1 saturated carbocycles. The normalized spacial score (nSPS) is 19.0. The molecular formula is C27H35N5O2. The number of benzene rings is 2. The highest BCUT2D eigenvalue weighted by Crippen LogP contribution is 2.35. The van der Waals surface area contributed by atoms with Gasteiger partial charge in [0.25, 0.3) is 0 Å². The van der Waals surface area contributed by atoms with Crippen molar-refractivity contribution in [3.8, 4) is 0 Å². The van der Waals surface area contributed by atoms with Crippen LogP contribution in [0, 0.1) is 5.92 Å². The van der Waals surface area contributed by atoms with E-state index in [2.05, 4.69) is 32.7 Å². The SMILES string of the molecule is CCC(=O)NC1CCN(c2cc3c(cc2Nc2ccccc2)[nH]c(=O)n3CC2CCCCC2)C1. The number of amides is 1. The Labute approximate surface area is 200 Å². The van der Waals surface area contributed by atoms with Crippen molar-refractivity contribution in [3.63, 3.8) is 0 Å². The number of rotatable bonds is 7. The van der Waals surface area contributed by atoms with Crippen LogP contribution in [0.2, 0.25) is 0 Å². The van der Waals surface area contributed by atoms with Gasteiger partial charge >= 0.3 is 5.69 Å². The van der Waals surface area contributed by atoms with Crippen molar-refractivity contribution in [1.29, 1.82) is 0 Å². The summed E-state index contributed by atoms with van der Waals surface area (Å²) < 4.78 is 1.94. The van der Waals surface area contributed by atoms with Crippen molar-refractivity contribution in [2.24, 2.45) is 5.92 Å². The first kappa shape index (κ1) is 22.6. The number of nitrogens with zero attached hydrogens (tertiary/aromatic N) is 2. The van der Waals surface area contributed by atoms with Crippen molar-refractivity contribution in [2.75, 3.05) is 23.3 Å².